The quantitative estimate of drug-likeness (QED) is 0.428. The summed E-state index contributed by atoms with van der Waals surface area (Å²) < 4.78 is 31.5. The zero-order chi connectivity index (χ0) is 13.5. The molecular weight excluding hydrogens is 242 g/mol. The first-order chi connectivity index (χ1) is 8.56. The summed E-state index contributed by atoms with van der Waals surface area (Å²) in [4.78, 5) is 23.0. The van der Waals surface area contributed by atoms with Crippen LogP contribution < -0.4 is 0 Å². The van der Waals surface area contributed by atoms with E-state index in [1.165, 1.54) is 6.07 Å². The van der Waals surface area contributed by atoms with E-state index >= 15 is 0 Å². The Hall–Kier alpha value is -1.62. The average Bonchev–Trinajstić information content (AvgIpc) is 2.29. The largest absolute Gasteiger partial charge is 0.381 e. The van der Waals surface area contributed by atoms with Crippen molar-refractivity contribution in [3.05, 3.63) is 35.4 Å². The Morgan fingerprint density at radius 2 is 1.83 bits per heavy atom. The molecule has 0 atom stereocenters. The van der Waals surface area contributed by atoms with Crippen LogP contribution >= 0.6 is 0 Å². The van der Waals surface area contributed by atoms with Gasteiger partial charge >= 0.3 is 0 Å². The first kappa shape index (κ1) is 14.4. The molecule has 0 aliphatic heterocycles. The van der Waals surface area contributed by atoms with Gasteiger partial charge in [0.25, 0.3) is 0 Å². The van der Waals surface area contributed by atoms with E-state index in [-0.39, 0.29) is 13.0 Å². The first-order valence-electron chi connectivity index (χ1n) is 5.63. The van der Waals surface area contributed by atoms with Crippen LogP contribution in [-0.4, -0.2) is 24.8 Å². The van der Waals surface area contributed by atoms with E-state index in [0.29, 0.717) is 6.61 Å². The Morgan fingerprint density at radius 1 is 1.22 bits per heavy atom. The van der Waals surface area contributed by atoms with Crippen LogP contribution in [0, 0.1) is 11.6 Å². The fraction of sp³-hybridized carbons (Fsp3) is 0.385. The predicted octanol–water partition coefficient (Wildman–Crippen LogP) is 2.53. The maximum Gasteiger partial charge on any atom is 0.176 e. The normalized spacial score (nSPS) is 10.4. The molecule has 0 fully saturated rings. The lowest BCUT2D eigenvalue weighted by atomic mass is 10.0. The maximum atomic E-state index is 13.3. The van der Waals surface area contributed by atoms with Crippen LogP contribution in [0.1, 0.15) is 30.1 Å². The second kappa shape index (κ2) is 6.96. The van der Waals surface area contributed by atoms with Gasteiger partial charge in [0.2, 0.25) is 0 Å². The number of ether oxygens (including phenoxy) is 1. The number of Topliss-reactive ketones (excluding diaryl/α,β-unsaturated/α-hetero) is 2. The van der Waals surface area contributed by atoms with Gasteiger partial charge in [0.15, 0.2) is 5.78 Å². The summed E-state index contributed by atoms with van der Waals surface area (Å²) in [6, 6.07) is 3.14. The van der Waals surface area contributed by atoms with Gasteiger partial charge < -0.3 is 4.74 Å². The van der Waals surface area contributed by atoms with Gasteiger partial charge in [-0.1, -0.05) is 6.07 Å². The lowest BCUT2D eigenvalue weighted by Crippen LogP contribution is -2.13. The molecule has 0 N–H and O–H groups in total. The highest BCUT2D eigenvalue weighted by Crippen LogP contribution is 2.14. The molecule has 0 radical (unpaired) electrons. The molecule has 1 rings (SSSR count). The van der Waals surface area contributed by atoms with E-state index < -0.39 is 35.2 Å². The van der Waals surface area contributed by atoms with Crippen molar-refractivity contribution in [1.29, 1.82) is 0 Å². The summed E-state index contributed by atoms with van der Waals surface area (Å²) in [5.41, 5.74) is -0.651. The third-order valence-corrected chi connectivity index (χ3v) is 2.33. The van der Waals surface area contributed by atoms with Crippen molar-refractivity contribution in [2.24, 2.45) is 0 Å². The number of rotatable bonds is 7. The molecule has 0 spiro atoms. The molecule has 0 saturated heterocycles. The van der Waals surface area contributed by atoms with Gasteiger partial charge in [-0.25, -0.2) is 8.78 Å². The Balaban J connectivity index is 2.63. The predicted molar refractivity (Wildman–Crippen MR) is 61.4 cm³/mol. The zero-order valence-electron chi connectivity index (χ0n) is 10.0. The van der Waals surface area contributed by atoms with Crippen molar-refractivity contribution in [3.8, 4) is 0 Å². The van der Waals surface area contributed by atoms with Crippen LogP contribution in [0.2, 0.25) is 0 Å². The summed E-state index contributed by atoms with van der Waals surface area (Å²) in [6.45, 7) is 2.47. The number of carbonyl (C=O) groups is 2. The summed E-state index contributed by atoms with van der Waals surface area (Å²) in [7, 11) is 0. The molecule has 0 heterocycles. The van der Waals surface area contributed by atoms with E-state index in [2.05, 4.69) is 0 Å². The average molecular weight is 256 g/mol. The van der Waals surface area contributed by atoms with Crippen molar-refractivity contribution in [2.75, 3.05) is 13.2 Å². The maximum absolute atomic E-state index is 13.3. The Labute approximate surface area is 104 Å². The summed E-state index contributed by atoms with van der Waals surface area (Å²) in [6.07, 6.45) is -0.444. The molecule has 18 heavy (non-hydrogen) atoms. The smallest absolute Gasteiger partial charge is 0.176 e. The second-order valence-electron chi connectivity index (χ2n) is 3.68. The molecule has 98 valence electrons. The minimum absolute atomic E-state index is 0.0651. The number of hydrogen-bond donors (Lipinski definition) is 0. The highest BCUT2D eigenvalue weighted by atomic mass is 19.1. The molecule has 0 aliphatic carbocycles. The van der Waals surface area contributed by atoms with Crippen molar-refractivity contribution in [3.63, 3.8) is 0 Å². The molecule has 1 aromatic carbocycles. The van der Waals surface area contributed by atoms with Gasteiger partial charge in [-0.05, 0) is 19.1 Å². The van der Waals surface area contributed by atoms with E-state index in [9.17, 15) is 18.4 Å². The van der Waals surface area contributed by atoms with Gasteiger partial charge in [-0.2, -0.15) is 0 Å². The lowest BCUT2D eigenvalue weighted by molar-refractivity contribution is -0.119. The minimum Gasteiger partial charge on any atom is -0.381 e. The Morgan fingerprint density at radius 3 is 2.39 bits per heavy atom. The standard InChI is InChI=1S/C13H14F2O3/c1-2-18-7-6-9(16)8-12(17)13-10(14)4-3-5-11(13)15/h3-5H,2,6-8H2,1H3. The van der Waals surface area contributed by atoms with Gasteiger partial charge in [-0.15, -0.1) is 0 Å². The van der Waals surface area contributed by atoms with E-state index in [4.69, 9.17) is 4.74 Å². The molecular formula is C13H14F2O3. The molecule has 0 aliphatic rings. The van der Waals surface area contributed by atoms with Crippen molar-refractivity contribution in [1.82, 2.24) is 0 Å². The molecule has 0 bridgehead atoms. The summed E-state index contributed by atoms with van der Waals surface area (Å²) >= 11 is 0. The highest BCUT2D eigenvalue weighted by Gasteiger charge is 2.19. The molecule has 0 amide bonds. The van der Waals surface area contributed by atoms with Gasteiger partial charge in [0.1, 0.15) is 17.4 Å². The van der Waals surface area contributed by atoms with E-state index in [0.717, 1.165) is 12.1 Å². The summed E-state index contributed by atoms with van der Waals surface area (Å²) in [5.74, 6) is -3.13. The molecule has 0 saturated carbocycles. The lowest BCUT2D eigenvalue weighted by Gasteiger charge is -2.04. The van der Waals surface area contributed by atoms with Gasteiger partial charge in [0, 0.05) is 13.0 Å². The topological polar surface area (TPSA) is 43.4 Å². The molecule has 0 unspecified atom stereocenters. The third-order valence-electron chi connectivity index (χ3n) is 2.33. The van der Waals surface area contributed by atoms with Crippen LogP contribution in [0.3, 0.4) is 0 Å². The number of benzene rings is 1. The molecule has 1 aromatic rings. The third kappa shape index (κ3) is 4.00. The zero-order valence-corrected chi connectivity index (χ0v) is 10.0. The van der Waals surface area contributed by atoms with Crippen LogP contribution in [0.4, 0.5) is 8.78 Å². The minimum atomic E-state index is -0.947. The first-order valence-corrected chi connectivity index (χ1v) is 5.63. The van der Waals surface area contributed by atoms with Gasteiger partial charge in [0.05, 0.1) is 18.6 Å². The van der Waals surface area contributed by atoms with Crippen LogP contribution in [0.15, 0.2) is 18.2 Å². The monoisotopic (exact) mass is 256 g/mol. The SMILES string of the molecule is CCOCCC(=O)CC(=O)c1c(F)cccc1F. The van der Waals surface area contributed by atoms with Gasteiger partial charge in [-0.3, -0.25) is 9.59 Å². The van der Waals surface area contributed by atoms with Crippen molar-refractivity contribution < 1.29 is 23.1 Å². The fourth-order valence-corrected chi connectivity index (χ4v) is 1.45. The van der Waals surface area contributed by atoms with E-state index in [1.807, 2.05) is 0 Å². The molecule has 3 nitrogen and oxygen atoms in total. The second-order valence-corrected chi connectivity index (χ2v) is 3.68. The summed E-state index contributed by atoms with van der Waals surface area (Å²) in [5, 5.41) is 0. The van der Waals surface area contributed by atoms with Crippen LogP contribution in [-0.2, 0) is 9.53 Å². The van der Waals surface area contributed by atoms with E-state index in [1.54, 1.807) is 6.92 Å². The fourth-order valence-electron chi connectivity index (χ4n) is 1.45. The Kier molecular flexibility index (Phi) is 5.58. The number of halogens is 2. The number of ketones is 2. The highest BCUT2D eigenvalue weighted by molar-refractivity contribution is 6.08. The van der Waals surface area contributed by atoms with Crippen molar-refractivity contribution >= 4 is 11.6 Å². The van der Waals surface area contributed by atoms with Crippen LogP contribution in [0.25, 0.3) is 0 Å². The molecule has 5 heteroatoms. The van der Waals surface area contributed by atoms with Crippen molar-refractivity contribution in [2.45, 2.75) is 19.8 Å². The van der Waals surface area contributed by atoms with Crippen LogP contribution in [0.5, 0.6) is 0 Å². The Bertz CT molecular complexity index is 424. The molecule has 0 aromatic heterocycles. The number of hydrogen-bond acceptors (Lipinski definition) is 3. The number of carbonyl (C=O) groups excluding carboxylic acids is 2.